The second-order valence-electron chi connectivity index (χ2n) is 2.67. The summed E-state index contributed by atoms with van der Waals surface area (Å²) in [5, 5.41) is 8.53. The van der Waals surface area contributed by atoms with Crippen molar-refractivity contribution in [3.8, 4) is 0 Å². The number of hydrogen-bond donors (Lipinski definition) is 2. The molecule has 0 spiro atoms. The monoisotopic (exact) mass is 129 g/mol. The van der Waals surface area contributed by atoms with Crippen LogP contribution in [0.25, 0.3) is 0 Å². The van der Waals surface area contributed by atoms with Gasteiger partial charge in [-0.3, -0.25) is 0 Å². The van der Waals surface area contributed by atoms with Crippen molar-refractivity contribution in [2.24, 2.45) is 5.73 Å². The summed E-state index contributed by atoms with van der Waals surface area (Å²) in [5.74, 6) is 0. The highest BCUT2D eigenvalue weighted by Crippen LogP contribution is 2.13. The van der Waals surface area contributed by atoms with Crippen LogP contribution >= 0.6 is 0 Å². The lowest BCUT2D eigenvalue weighted by atomic mass is 9.92. The Hall–Kier alpha value is -0.340. The van der Waals surface area contributed by atoms with Crippen LogP contribution < -0.4 is 5.73 Å². The fourth-order valence-corrected chi connectivity index (χ4v) is 0.446. The Morgan fingerprint density at radius 2 is 2.22 bits per heavy atom. The maximum atomic E-state index is 8.53. The van der Waals surface area contributed by atoms with Crippen molar-refractivity contribution in [2.75, 3.05) is 6.61 Å². The van der Waals surface area contributed by atoms with Gasteiger partial charge in [0, 0.05) is 12.1 Å². The van der Waals surface area contributed by atoms with Crippen molar-refractivity contribution in [1.29, 1.82) is 0 Å². The Kier molecular flexibility index (Phi) is 2.88. The van der Waals surface area contributed by atoms with E-state index in [-0.39, 0.29) is 6.61 Å². The summed E-state index contributed by atoms with van der Waals surface area (Å²) in [6.07, 6.45) is 0.586. The van der Waals surface area contributed by atoms with E-state index in [0.29, 0.717) is 6.42 Å². The fourth-order valence-electron chi connectivity index (χ4n) is 0.446. The van der Waals surface area contributed by atoms with Gasteiger partial charge in [-0.25, -0.2) is 0 Å². The predicted octanol–water partition coefficient (Wildman–Crippen LogP) is 0.662. The van der Waals surface area contributed by atoms with E-state index in [0.717, 1.165) is 5.57 Å². The number of aliphatic hydroxyl groups excluding tert-OH is 1. The second kappa shape index (κ2) is 2.99. The molecule has 0 bridgehead atoms. The van der Waals surface area contributed by atoms with E-state index in [1.54, 1.807) is 0 Å². The number of nitrogens with two attached hydrogens (primary N) is 1. The third-order valence-electron chi connectivity index (χ3n) is 1.61. The van der Waals surface area contributed by atoms with Gasteiger partial charge in [0.05, 0.1) is 0 Å². The standard InChI is InChI=1S/C7H15NO/c1-6(2)7(3,8)4-5-9/h9H,1,4-5,8H2,2-3H3. The zero-order valence-corrected chi connectivity index (χ0v) is 6.15. The number of rotatable bonds is 3. The maximum absolute atomic E-state index is 8.53. The molecule has 2 heteroatoms. The first-order valence-corrected chi connectivity index (χ1v) is 3.06. The first kappa shape index (κ1) is 8.66. The van der Waals surface area contributed by atoms with Gasteiger partial charge in [-0.2, -0.15) is 0 Å². The van der Waals surface area contributed by atoms with Gasteiger partial charge in [0.15, 0.2) is 0 Å². The minimum Gasteiger partial charge on any atom is -0.396 e. The molecule has 1 unspecified atom stereocenters. The topological polar surface area (TPSA) is 46.2 Å². The number of hydrogen-bond acceptors (Lipinski definition) is 2. The molecule has 0 aromatic heterocycles. The summed E-state index contributed by atoms with van der Waals surface area (Å²) in [6.45, 7) is 7.57. The largest absolute Gasteiger partial charge is 0.396 e. The fraction of sp³-hybridized carbons (Fsp3) is 0.714. The normalized spacial score (nSPS) is 16.9. The van der Waals surface area contributed by atoms with Crippen molar-refractivity contribution in [1.82, 2.24) is 0 Å². The van der Waals surface area contributed by atoms with E-state index in [2.05, 4.69) is 6.58 Å². The summed E-state index contributed by atoms with van der Waals surface area (Å²) >= 11 is 0. The molecular formula is C7H15NO. The highest BCUT2D eigenvalue weighted by molar-refractivity contribution is 5.09. The van der Waals surface area contributed by atoms with Crippen molar-refractivity contribution in [3.05, 3.63) is 12.2 Å². The SMILES string of the molecule is C=C(C)C(C)(N)CCO. The van der Waals surface area contributed by atoms with Crippen LogP contribution in [0.5, 0.6) is 0 Å². The van der Waals surface area contributed by atoms with Gasteiger partial charge in [-0.15, -0.1) is 0 Å². The van der Waals surface area contributed by atoms with Crippen molar-refractivity contribution < 1.29 is 5.11 Å². The molecule has 2 nitrogen and oxygen atoms in total. The molecule has 0 saturated carbocycles. The van der Waals surface area contributed by atoms with E-state index < -0.39 is 5.54 Å². The third kappa shape index (κ3) is 2.63. The van der Waals surface area contributed by atoms with Crippen LogP contribution in [0.1, 0.15) is 20.3 Å². The van der Waals surface area contributed by atoms with Crippen LogP contribution in [0, 0.1) is 0 Å². The minimum atomic E-state index is -0.394. The molecule has 0 radical (unpaired) electrons. The molecule has 0 aliphatic carbocycles. The predicted molar refractivity (Wildman–Crippen MR) is 39.1 cm³/mol. The number of aliphatic hydroxyl groups is 1. The Labute approximate surface area is 56.4 Å². The van der Waals surface area contributed by atoms with Crippen LogP contribution in [0.2, 0.25) is 0 Å². The zero-order valence-electron chi connectivity index (χ0n) is 6.15. The second-order valence-corrected chi connectivity index (χ2v) is 2.67. The first-order valence-electron chi connectivity index (χ1n) is 3.06. The molecule has 1 atom stereocenters. The van der Waals surface area contributed by atoms with Crippen molar-refractivity contribution in [2.45, 2.75) is 25.8 Å². The zero-order chi connectivity index (χ0) is 7.49. The van der Waals surface area contributed by atoms with Gasteiger partial charge in [0.25, 0.3) is 0 Å². The summed E-state index contributed by atoms with van der Waals surface area (Å²) in [6, 6.07) is 0. The first-order chi connectivity index (χ1) is 4.00. The highest BCUT2D eigenvalue weighted by atomic mass is 16.3. The van der Waals surface area contributed by atoms with Crippen LogP contribution in [-0.2, 0) is 0 Å². The van der Waals surface area contributed by atoms with E-state index in [9.17, 15) is 0 Å². The average Bonchev–Trinajstić information content (AvgIpc) is 1.65. The van der Waals surface area contributed by atoms with Crippen molar-refractivity contribution in [3.63, 3.8) is 0 Å². The Balaban J connectivity index is 3.85. The Morgan fingerprint density at radius 1 is 1.78 bits per heavy atom. The molecule has 54 valence electrons. The molecular weight excluding hydrogens is 114 g/mol. The minimum absolute atomic E-state index is 0.125. The van der Waals surface area contributed by atoms with Crippen LogP contribution in [-0.4, -0.2) is 17.3 Å². The molecule has 0 fully saturated rings. The quantitative estimate of drug-likeness (QED) is 0.550. The molecule has 0 aliphatic heterocycles. The van der Waals surface area contributed by atoms with E-state index in [1.165, 1.54) is 0 Å². The van der Waals surface area contributed by atoms with Gasteiger partial charge >= 0.3 is 0 Å². The smallest absolute Gasteiger partial charge is 0.0451 e. The van der Waals surface area contributed by atoms with Crippen molar-refractivity contribution >= 4 is 0 Å². The summed E-state index contributed by atoms with van der Waals surface area (Å²) in [5.41, 5.74) is 6.23. The molecule has 9 heavy (non-hydrogen) atoms. The molecule has 0 aromatic carbocycles. The van der Waals surface area contributed by atoms with Gasteiger partial charge in [0.1, 0.15) is 0 Å². The van der Waals surface area contributed by atoms with Crippen LogP contribution in [0.15, 0.2) is 12.2 Å². The lowest BCUT2D eigenvalue weighted by Crippen LogP contribution is -2.37. The van der Waals surface area contributed by atoms with E-state index in [4.69, 9.17) is 10.8 Å². The summed E-state index contributed by atoms with van der Waals surface area (Å²) in [4.78, 5) is 0. The lowest BCUT2D eigenvalue weighted by Gasteiger charge is -2.23. The molecule has 0 saturated heterocycles. The molecule has 0 aliphatic rings. The molecule has 0 aromatic rings. The Bertz CT molecular complexity index is 107. The Morgan fingerprint density at radius 3 is 2.33 bits per heavy atom. The lowest BCUT2D eigenvalue weighted by molar-refractivity contribution is 0.259. The van der Waals surface area contributed by atoms with Gasteiger partial charge in [-0.05, 0) is 20.3 Å². The third-order valence-corrected chi connectivity index (χ3v) is 1.61. The van der Waals surface area contributed by atoms with E-state index >= 15 is 0 Å². The van der Waals surface area contributed by atoms with Gasteiger partial charge < -0.3 is 10.8 Å². The van der Waals surface area contributed by atoms with Crippen LogP contribution in [0.4, 0.5) is 0 Å². The van der Waals surface area contributed by atoms with Gasteiger partial charge in [-0.1, -0.05) is 12.2 Å². The summed E-state index contributed by atoms with van der Waals surface area (Å²) < 4.78 is 0. The summed E-state index contributed by atoms with van der Waals surface area (Å²) in [7, 11) is 0. The average molecular weight is 129 g/mol. The van der Waals surface area contributed by atoms with Gasteiger partial charge in [0.2, 0.25) is 0 Å². The van der Waals surface area contributed by atoms with E-state index in [1.807, 2.05) is 13.8 Å². The maximum Gasteiger partial charge on any atom is 0.0451 e. The van der Waals surface area contributed by atoms with Crippen LogP contribution in [0.3, 0.4) is 0 Å². The highest BCUT2D eigenvalue weighted by Gasteiger charge is 2.17. The molecule has 0 heterocycles. The molecule has 0 rings (SSSR count). The molecule has 0 amide bonds. The molecule has 3 N–H and O–H groups in total.